The van der Waals surface area contributed by atoms with Crippen molar-refractivity contribution in [2.45, 2.75) is 63.8 Å². The minimum atomic E-state index is -0.982. The highest BCUT2D eigenvalue weighted by Crippen LogP contribution is 2.37. The molecule has 0 unspecified atom stereocenters. The molecular weight excluding hydrogens is 524 g/mol. The molecule has 38 heavy (non-hydrogen) atoms. The monoisotopic (exact) mass is 557 g/mol. The van der Waals surface area contributed by atoms with Crippen LogP contribution in [-0.4, -0.2) is 59.1 Å². The van der Waals surface area contributed by atoms with Gasteiger partial charge in [-0.1, -0.05) is 32.1 Å². The number of hydrogen-bond acceptors (Lipinski definition) is 9. The molecular formula is C28H33N2O6S2. The first-order chi connectivity index (χ1) is 18.4. The number of aliphatic imine (C=N–C) groups is 2. The fourth-order valence-corrected chi connectivity index (χ4v) is 6.48. The molecule has 10 heteroatoms. The molecule has 0 aromatic heterocycles. The van der Waals surface area contributed by atoms with E-state index in [1.165, 1.54) is 17.8 Å². The van der Waals surface area contributed by atoms with Gasteiger partial charge >= 0.3 is 5.97 Å². The molecule has 4 rings (SSSR count). The van der Waals surface area contributed by atoms with E-state index in [9.17, 15) is 25.2 Å². The van der Waals surface area contributed by atoms with E-state index in [0.29, 0.717) is 45.9 Å². The van der Waals surface area contributed by atoms with Gasteiger partial charge in [-0.05, 0) is 49.9 Å². The Kier molecular flexibility index (Phi) is 9.85. The Morgan fingerprint density at radius 3 is 1.76 bits per heavy atom. The van der Waals surface area contributed by atoms with Crippen LogP contribution in [-0.2, 0) is 17.6 Å². The van der Waals surface area contributed by atoms with Crippen molar-refractivity contribution in [2.24, 2.45) is 9.98 Å². The van der Waals surface area contributed by atoms with Crippen LogP contribution in [0.15, 0.2) is 34.3 Å². The van der Waals surface area contributed by atoms with Crippen LogP contribution >= 0.6 is 23.5 Å². The second kappa shape index (κ2) is 13.3. The molecule has 2 aromatic rings. The lowest BCUT2D eigenvalue weighted by atomic mass is 9.99. The van der Waals surface area contributed by atoms with Gasteiger partial charge in [0.2, 0.25) is 0 Å². The Morgan fingerprint density at radius 1 is 0.763 bits per heavy atom. The Balaban J connectivity index is 1.18. The van der Waals surface area contributed by atoms with Crippen LogP contribution in [0, 0.1) is 6.54 Å². The van der Waals surface area contributed by atoms with E-state index in [2.05, 4.69) is 9.98 Å². The van der Waals surface area contributed by atoms with Crippen molar-refractivity contribution in [2.75, 3.05) is 11.5 Å². The number of phenolic OH excluding ortho intramolecular Hbond substituents is 4. The van der Waals surface area contributed by atoms with E-state index in [4.69, 9.17) is 5.11 Å². The Hall–Kier alpha value is -2.85. The molecule has 2 aliphatic heterocycles. The van der Waals surface area contributed by atoms with Gasteiger partial charge in [-0.3, -0.25) is 9.98 Å². The number of carboxylic acid groups (broad SMARTS) is 1. The van der Waals surface area contributed by atoms with Gasteiger partial charge in [0.05, 0.1) is 6.54 Å². The fraction of sp³-hybridized carbons (Fsp3) is 0.429. The minimum Gasteiger partial charge on any atom is -0.508 e. The van der Waals surface area contributed by atoms with Crippen molar-refractivity contribution >= 4 is 39.6 Å². The Labute approximate surface area is 230 Å². The highest BCUT2D eigenvalue weighted by molar-refractivity contribution is 8.15. The van der Waals surface area contributed by atoms with Crippen LogP contribution in [0.1, 0.15) is 67.2 Å². The predicted octanol–water partition coefficient (Wildman–Crippen LogP) is 5.63. The normalized spacial score (nSPS) is 17.0. The molecule has 0 amide bonds. The summed E-state index contributed by atoms with van der Waals surface area (Å²) in [5.41, 5.74) is 2.22. The van der Waals surface area contributed by atoms with Crippen LogP contribution < -0.4 is 0 Å². The van der Waals surface area contributed by atoms with Crippen molar-refractivity contribution in [1.82, 2.24) is 0 Å². The van der Waals surface area contributed by atoms with Crippen molar-refractivity contribution in [1.29, 1.82) is 0 Å². The van der Waals surface area contributed by atoms with Gasteiger partial charge in [0.25, 0.3) is 0 Å². The van der Waals surface area contributed by atoms with Crippen LogP contribution in [0.2, 0.25) is 0 Å². The quantitative estimate of drug-likeness (QED) is 0.200. The average molecular weight is 558 g/mol. The van der Waals surface area contributed by atoms with Crippen molar-refractivity contribution in [3.8, 4) is 23.0 Å². The largest absolute Gasteiger partial charge is 0.508 e. The van der Waals surface area contributed by atoms with Gasteiger partial charge in [-0.25, -0.2) is 4.79 Å². The summed E-state index contributed by atoms with van der Waals surface area (Å²) in [4.78, 5) is 19.7. The summed E-state index contributed by atoms with van der Waals surface area (Å²) >= 11 is 2.87. The number of benzene rings is 2. The number of carbonyl (C=O) groups is 1. The van der Waals surface area contributed by atoms with Crippen molar-refractivity contribution < 1.29 is 30.3 Å². The smallest absolute Gasteiger partial charge is 0.329 e. The maximum Gasteiger partial charge on any atom is 0.329 e. The number of thioether (sulfide) groups is 2. The van der Waals surface area contributed by atoms with Crippen LogP contribution in [0.3, 0.4) is 0 Å². The lowest BCUT2D eigenvalue weighted by molar-refractivity contribution is -0.137. The average Bonchev–Trinajstić information content (AvgIpc) is 3.59. The Morgan fingerprint density at radius 2 is 1.29 bits per heavy atom. The summed E-state index contributed by atoms with van der Waals surface area (Å²) in [7, 11) is 0. The maximum atomic E-state index is 11.2. The standard InChI is InChI=1S/C28H33N2O6S2/c31-22-12-10-19(26-29-14-15-37-26)24(33)17(22)8-6-4-2-1-3-5-7-9-18-23(32)13-11-20(25(18)34)27-30-21(16-38-27)28(35)36/h10-14,21,31-34H,1-9,15-16H2,(H,35,36)/t21-/m1/s1. The molecule has 0 saturated heterocycles. The molecule has 2 aromatic carbocycles. The summed E-state index contributed by atoms with van der Waals surface area (Å²) in [6.07, 6.45) is 7.92. The number of phenols is 4. The number of carboxylic acids is 1. The van der Waals surface area contributed by atoms with E-state index in [-0.39, 0.29) is 23.0 Å². The zero-order valence-corrected chi connectivity index (χ0v) is 22.7. The molecule has 2 heterocycles. The molecule has 0 fully saturated rings. The lowest BCUT2D eigenvalue weighted by Gasteiger charge is -2.12. The number of nitrogens with zero attached hydrogens (tertiary/aromatic N) is 2. The zero-order chi connectivity index (χ0) is 27.1. The molecule has 0 bridgehead atoms. The van der Waals surface area contributed by atoms with E-state index in [1.807, 2.05) is 6.54 Å². The summed E-state index contributed by atoms with van der Waals surface area (Å²) < 4.78 is 0. The second-order valence-corrected chi connectivity index (χ2v) is 11.4. The fourth-order valence-electron chi connectivity index (χ4n) is 4.65. The van der Waals surface area contributed by atoms with Gasteiger partial charge in [-0.15, -0.1) is 23.5 Å². The van der Waals surface area contributed by atoms with Gasteiger partial charge in [0.1, 0.15) is 33.1 Å². The third kappa shape index (κ3) is 6.77. The first-order valence-corrected chi connectivity index (χ1v) is 14.9. The molecule has 0 saturated carbocycles. The van der Waals surface area contributed by atoms with Gasteiger partial charge in [0, 0.05) is 33.8 Å². The molecule has 1 atom stereocenters. The van der Waals surface area contributed by atoms with E-state index in [1.54, 1.807) is 30.0 Å². The third-order valence-corrected chi connectivity index (χ3v) is 8.77. The van der Waals surface area contributed by atoms with E-state index < -0.39 is 12.0 Å². The molecule has 2 aliphatic rings. The van der Waals surface area contributed by atoms with Gasteiger partial charge < -0.3 is 25.5 Å². The highest BCUT2D eigenvalue weighted by atomic mass is 32.2. The first-order valence-electron chi connectivity index (χ1n) is 12.9. The Bertz CT molecular complexity index is 1230. The molecule has 8 nitrogen and oxygen atoms in total. The maximum absolute atomic E-state index is 11.2. The summed E-state index contributed by atoms with van der Waals surface area (Å²) in [6, 6.07) is 5.65. The van der Waals surface area contributed by atoms with Gasteiger partial charge in [0.15, 0.2) is 6.04 Å². The summed E-state index contributed by atoms with van der Waals surface area (Å²) in [5, 5.41) is 52.3. The molecule has 0 spiro atoms. The van der Waals surface area contributed by atoms with Crippen LogP contribution in [0.25, 0.3) is 0 Å². The topological polar surface area (TPSA) is 143 Å². The summed E-state index contributed by atoms with van der Waals surface area (Å²) in [5.74, 6) is 0.416. The highest BCUT2D eigenvalue weighted by Gasteiger charge is 2.27. The number of rotatable bonds is 13. The number of unbranched alkanes of at least 4 members (excludes halogenated alkanes) is 6. The number of hydrogen-bond donors (Lipinski definition) is 5. The number of aromatic hydroxyl groups is 4. The van der Waals surface area contributed by atoms with Crippen LogP contribution in [0.5, 0.6) is 23.0 Å². The number of aliphatic carboxylic acids is 1. The van der Waals surface area contributed by atoms with Gasteiger partial charge in [-0.2, -0.15) is 0 Å². The third-order valence-electron chi connectivity index (χ3n) is 6.77. The van der Waals surface area contributed by atoms with E-state index in [0.717, 1.165) is 55.7 Å². The van der Waals surface area contributed by atoms with E-state index >= 15 is 0 Å². The minimum absolute atomic E-state index is 0.0189. The zero-order valence-electron chi connectivity index (χ0n) is 21.1. The van der Waals surface area contributed by atoms with Crippen molar-refractivity contribution in [3.63, 3.8) is 0 Å². The molecule has 1 radical (unpaired) electrons. The van der Waals surface area contributed by atoms with Crippen LogP contribution in [0.4, 0.5) is 0 Å². The molecule has 0 aliphatic carbocycles. The van der Waals surface area contributed by atoms with Crippen molar-refractivity contribution in [3.05, 3.63) is 53.1 Å². The molecule has 203 valence electrons. The second-order valence-electron chi connectivity index (χ2n) is 9.42. The molecule has 5 N–H and O–H groups in total. The summed E-state index contributed by atoms with van der Waals surface area (Å²) in [6.45, 7) is 1.82. The SMILES string of the molecule is O=C(O)[C@H]1CSC(c2ccc(O)c(CCCCCCCCCc3c(O)ccc(C4=N[CH]CS4)c3O)c2O)=N1. The lowest BCUT2D eigenvalue weighted by Crippen LogP contribution is -2.17. The first kappa shape index (κ1) is 28.2. The predicted molar refractivity (Wildman–Crippen MR) is 153 cm³/mol.